The SMILES string of the molecule is CCC1(CC)CC(Nc2ccc(C(N)=S)cc2)CCO1. The van der Waals surface area contributed by atoms with Crippen LogP contribution >= 0.6 is 12.2 Å². The summed E-state index contributed by atoms with van der Waals surface area (Å²) in [5.41, 5.74) is 7.70. The molecule has 1 heterocycles. The van der Waals surface area contributed by atoms with Crippen LogP contribution in [0, 0.1) is 0 Å². The normalized spacial score (nSPS) is 21.4. The summed E-state index contributed by atoms with van der Waals surface area (Å²) in [6, 6.07) is 8.50. The first-order chi connectivity index (χ1) is 9.58. The van der Waals surface area contributed by atoms with Gasteiger partial charge in [-0.15, -0.1) is 0 Å². The van der Waals surface area contributed by atoms with Gasteiger partial charge in [0.25, 0.3) is 0 Å². The smallest absolute Gasteiger partial charge is 0.103 e. The number of rotatable bonds is 5. The average Bonchev–Trinajstić information content (AvgIpc) is 2.48. The Hall–Kier alpha value is -1.13. The molecular formula is C16H24N2OS. The third-order valence-corrected chi connectivity index (χ3v) is 4.56. The highest BCUT2D eigenvalue weighted by Gasteiger charge is 2.34. The van der Waals surface area contributed by atoms with Gasteiger partial charge in [0.15, 0.2) is 0 Å². The summed E-state index contributed by atoms with van der Waals surface area (Å²) < 4.78 is 6.01. The van der Waals surface area contributed by atoms with Gasteiger partial charge in [-0.3, -0.25) is 0 Å². The third-order valence-electron chi connectivity index (χ3n) is 4.32. The molecule has 1 aliphatic rings. The van der Waals surface area contributed by atoms with E-state index in [0.29, 0.717) is 11.0 Å². The van der Waals surface area contributed by atoms with Gasteiger partial charge in [0.05, 0.1) is 5.60 Å². The molecule has 0 saturated carbocycles. The number of thiocarbonyl (C=S) groups is 1. The molecule has 1 aromatic carbocycles. The van der Waals surface area contributed by atoms with E-state index >= 15 is 0 Å². The fourth-order valence-corrected chi connectivity index (χ4v) is 3.00. The maximum atomic E-state index is 6.01. The van der Waals surface area contributed by atoms with Crippen molar-refractivity contribution >= 4 is 22.9 Å². The molecule has 0 amide bonds. The lowest BCUT2D eigenvalue weighted by Gasteiger charge is -2.40. The minimum atomic E-state index is 0.0503. The maximum Gasteiger partial charge on any atom is 0.103 e. The van der Waals surface area contributed by atoms with Crippen molar-refractivity contribution in [2.24, 2.45) is 5.73 Å². The zero-order valence-electron chi connectivity index (χ0n) is 12.3. The predicted octanol–water partition coefficient (Wildman–Crippen LogP) is 3.47. The van der Waals surface area contributed by atoms with E-state index in [0.717, 1.165) is 43.5 Å². The molecule has 20 heavy (non-hydrogen) atoms. The number of benzene rings is 1. The fraction of sp³-hybridized carbons (Fsp3) is 0.562. The van der Waals surface area contributed by atoms with Crippen LogP contribution in [0.1, 0.15) is 45.1 Å². The molecule has 2 rings (SSSR count). The second-order valence-electron chi connectivity index (χ2n) is 5.51. The summed E-state index contributed by atoms with van der Waals surface area (Å²) in [5.74, 6) is 0. The van der Waals surface area contributed by atoms with Crippen molar-refractivity contribution < 1.29 is 4.74 Å². The molecule has 110 valence electrons. The standard InChI is InChI=1S/C16H24N2OS/c1-3-16(4-2)11-14(9-10-19-16)18-13-7-5-12(6-8-13)15(17)20/h5-8,14,18H,3-4,9-11H2,1-2H3,(H2,17,20). The van der Waals surface area contributed by atoms with E-state index in [1.54, 1.807) is 0 Å². The molecule has 4 heteroatoms. The topological polar surface area (TPSA) is 47.3 Å². The molecule has 0 aromatic heterocycles. The molecule has 0 aliphatic carbocycles. The monoisotopic (exact) mass is 292 g/mol. The summed E-state index contributed by atoms with van der Waals surface area (Å²) >= 11 is 4.97. The van der Waals surface area contributed by atoms with Crippen molar-refractivity contribution in [3.63, 3.8) is 0 Å². The van der Waals surface area contributed by atoms with Crippen molar-refractivity contribution in [1.82, 2.24) is 0 Å². The molecule has 3 nitrogen and oxygen atoms in total. The van der Waals surface area contributed by atoms with Crippen LogP contribution in [0.25, 0.3) is 0 Å². The summed E-state index contributed by atoms with van der Waals surface area (Å²) in [7, 11) is 0. The van der Waals surface area contributed by atoms with Gasteiger partial charge in [-0.05, 0) is 49.9 Å². The number of ether oxygens (including phenoxy) is 1. The Kier molecular flexibility index (Phi) is 5.00. The van der Waals surface area contributed by atoms with Crippen LogP contribution in [0.15, 0.2) is 24.3 Å². The molecule has 1 aromatic rings. The molecule has 1 fully saturated rings. The van der Waals surface area contributed by atoms with E-state index in [-0.39, 0.29) is 5.60 Å². The molecule has 1 unspecified atom stereocenters. The molecule has 0 spiro atoms. The minimum absolute atomic E-state index is 0.0503. The van der Waals surface area contributed by atoms with Crippen LogP contribution in [0.3, 0.4) is 0 Å². The lowest BCUT2D eigenvalue weighted by molar-refractivity contribution is -0.0864. The molecule has 1 atom stereocenters. The van der Waals surface area contributed by atoms with Crippen molar-refractivity contribution in [2.45, 2.75) is 51.2 Å². The zero-order chi connectivity index (χ0) is 14.6. The summed E-state index contributed by atoms with van der Waals surface area (Å²) in [6.07, 6.45) is 4.26. The molecule has 1 saturated heterocycles. The lowest BCUT2D eigenvalue weighted by atomic mass is 9.86. The molecule has 0 bridgehead atoms. The van der Waals surface area contributed by atoms with Crippen LogP contribution in [-0.2, 0) is 4.74 Å². The summed E-state index contributed by atoms with van der Waals surface area (Å²) in [5, 5.41) is 3.61. The zero-order valence-corrected chi connectivity index (χ0v) is 13.1. The van der Waals surface area contributed by atoms with E-state index in [1.165, 1.54) is 0 Å². The van der Waals surface area contributed by atoms with Crippen molar-refractivity contribution in [1.29, 1.82) is 0 Å². The second kappa shape index (κ2) is 6.55. The number of hydrogen-bond acceptors (Lipinski definition) is 3. The molecule has 0 radical (unpaired) electrons. The minimum Gasteiger partial charge on any atom is -0.389 e. The van der Waals surface area contributed by atoms with Gasteiger partial charge < -0.3 is 15.8 Å². The predicted molar refractivity (Wildman–Crippen MR) is 88.2 cm³/mol. The average molecular weight is 292 g/mol. The van der Waals surface area contributed by atoms with Gasteiger partial charge in [-0.1, -0.05) is 26.1 Å². The van der Waals surface area contributed by atoms with Gasteiger partial charge in [-0.2, -0.15) is 0 Å². The van der Waals surface area contributed by atoms with E-state index < -0.39 is 0 Å². The highest BCUT2D eigenvalue weighted by Crippen LogP contribution is 2.32. The van der Waals surface area contributed by atoms with Gasteiger partial charge in [-0.25, -0.2) is 0 Å². The Morgan fingerprint density at radius 3 is 2.55 bits per heavy atom. The van der Waals surface area contributed by atoms with E-state index in [9.17, 15) is 0 Å². The van der Waals surface area contributed by atoms with Gasteiger partial charge >= 0.3 is 0 Å². The Labute approximate surface area is 126 Å². The summed E-state index contributed by atoms with van der Waals surface area (Å²) in [4.78, 5) is 0.443. The first kappa shape index (κ1) is 15.3. The number of anilines is 1. The second-order valence-corrected chi connectivity index (χ2v) is 5.95. The highest BCUT2D eigenvalue weighted by molar-refractivity contribution is 7.80. The number of nitrogens with two attached hydrogens (primary N) is 1. The van der Waals surface area contributed by atoms with Crippen molar-refractivity contribution in [2.75, 3.05) is 11.9 Å². The van der Waals surface area contributed by atoms with Crippen LogP contribution in [0.5, 0.6) is 0 Å². The largest absolute Gasteiger partial charge is 0.389 e. The van der Waals surface area contributed by atoms with Crippen LogP contribution in [0.4, 0.5) is 5.69 Å². The molecule has 1 aliphatic heterocycles. The van der Waals surface area contributed by atoms with Gasteiger partial charge in [0, 0.05) is 23.9 Å². The summed E-state index contributed by atoms with van der Waals surface area (Å²) in [6.45, 7) is 5.26. The van der Waals surface area contributed by atoms with Crippen molar-refractivity contribution in [3.8, 4) is 0 Å². The van der Waals surface area contributed by atoms with Crippen molar-refractivity contribution in [3.05, 3.63) is 29.8 Å². The number of hydrogen-bond donors (Lipinski definition) is 2. The molecule has 3 N–H and O–H groups in total. The van der Waals surface area contributed by atoms with E-state index in [4.69, 9.17) is 22.7 Å². The van der Waals surface area contributed by atoms with Crippen LogP contribution in [-0.4, -0.2) is 23.2 Å². The molecular weight excluding hydrogens is 268 g/mol. The van der Waals surface area contributed by atoms with Gasteiger partial charge in [0.2, 0.25) is 0 Å². The van der Waals surface area contributed by atoms with E-state index in [1.807, 2.05) is 24.3 Å². The Balaban J connectivity index is 2.00. The van der Waals surface area contributed by atoms with E-state index in [2.05, 4.69) is 19.2 Å². The maximum absolute atomic E-state index is 6.01. The Morgan fingerprint density at radius 2 is 2.00 bits per heavy atom. The van der Waals surface area contributed by atoms with Gasteiger partial charge in [0.1, 0.15) is 4.99 Å². The Morgan fingerprint density at radius 1 is 1.35 bits per heavy atom. The Bertz CT molecular complexity index is 454. The van der Waals surface area contributed by atoms with Crippen LogP contribution in [0.2, 0.25) is 0 Å². The lowest BCUT2D eigenvalue weighted by Crippen LogP contribution is -2.43. The van der Waals surface area contributed by atoms with Crippen LogP contribution < -0.4 is 11.1 Å². The quantitative estimate of drug-likeness (QED) is 0.816. The third kappa shape index (κ3) is 3.49. The highest BCUT2D eigenvalue weighted by atomic mass is 32.1. The first-order valence-electron chi connectivity index (χ1n) is 7.39. The first-order valence-corrected chi connectivity index (χ1v) is 7.80. The fourth-order valence-electron chi connectivity index (χ4n) is 2.86. The number of nitrogens with one attached hydrogen (secondary N) is 1.